The maximum atomic E-state index is 12.2. The lowest BCUT2D eigenvalue weighted by molar-refractivity contribution is -0.148. The van der Waals surface area contributed by atoms with E-state index in [-0.39, 0.29) is 36.5 Å². The van der Waals surface area contributed by atoms with Crippen molar-refractivity contribution in [2.75, 3.05) is 12.3 Å². The van der Waals surface area contributed by atoms with Crippen LogP contribution < -0.4 is 4.74 Å². The molecule has 1 amide bonds. The number of carboxylic acid groups (broad SMARTS) is 1. The number of likely N-dealkylation sites (tertiary alicyclic amines) is 1. The fourth-order valence-electron chi connectivity index (χ4n) is 2.51. The van der Waals surface area contributed by atoms with E-state index in [1.165, 1.54) is 11.8 Å². The average Bonchev–Trinajstić information content (AvgIpc) is 2.92. The SMILES string of the molecule is CC(=O)SCCC(=O)N1CC(Oc2ccccc2)C[C@H]1C(=O)O. The molecule has 1 unspecified atom stereocenters. The van der Waals surface area contributed by atoms with Crippen LogP contribution in [0.1, 0.15) is 19.8 Å². The third-order valence-electron chi connectivity index (χ3n) is 3.54. The van der Waals surface area contributed by atoms with Gasteiger partial charge in [0.1, 0.15) is 17.9 Å². The molecular weight excluding hydrogens is 318 g/mol. The number of benzene rings is 1. The molecule has 1 heterocycles. The zero-order valence-corrected chi connectivity index (χ0v) is 13.6. The number of hydrogen-bond acceptors (Lipinski definition) is 5. The van der Waals surface area contributed by atoms with Gasteiger partial charge in [-0.3, -0.25) is 9.59 Å². The van der Waals surface area contributed by atoms with Crippen LogP contribution in [0.4, 0.5) is 0 Å². The molecule has 1 saturated heterocycles. The fraction of sp³-hybridized carbons (Fsp3) is 0.438. The van der Waals surface area contributed by atoms with Crippen molar-refractivity contribution < 1.29 is 24.2 Å². The largest absolute Gasteiger partial charge is 0.488 e. The van der Waals surface area contributed by atoms with Crippen LogP contribution in [0.5, 0.6) is 5.75 Å². The number of nitrogens with zero attached hydrogens (tertiary/aromatic N) is 1. The minimum Gasteiger partial charge on any atom is -0.488 e. The number of para-hydroxylation sites is 1. The molecule has 1 N–H and O–H groups in total. The molecule has 2 rings (SSSR count). The summed E-state index contributed by atoms with van der Waals surface area (Å²) in [7, 11) is 0. The molecule has 1 aliphatic rings. The summed E-state index contributed by atoms with van der Waals surface area (Å²) in [6, 6.07) is 8.25. The summed E-state index contributed by atoms with van der Waals surface area (Å²) in [5.74, 6) is -0.272. The van der Waals surface area contributed by atoms with Crippen LogP contribution in [0.25, 0.3) is 0 Å². The van der Waals surface area contributed by atoms with Crippen LogP contribution in [-0.2, 0) is 14.4 Å². The number of thioether (sulfide) groups is 1. The van der Waals surface area contributed by atoms with Crippen molar-refractivity contribution in [1.29, 1.82) is 0 Å². The Balaban J connectivity index is 1.96. The molecule has 0 aromatic heterocycles. The van der Waals surface area contributed by atoms with Gasteiger partial charge in [-0.15, -0.1) is 0 Å². The Morgan fingerprint density at radius 3 is 2.61 bits per heavy atom. The van der Waals surface area contributed by atoms with E-state index in [0.717, 1.165) is 11.8 Å². The number of hydrogen-bond donors (Lipinski definition) is 1. The summed E-state index contributed by atoms with van der Waals surface area (Å²) < 4.78 is 5.76. The van der Waals surface area contributed by atoms with Crippen molar-refractivity contribution in [3.63, 3.8) is 0 Å². The number of carboxylic acids is 1. The van der Waals surface area contributed by atoms with Gasteiger partial charge < -0.3 is 14.7 Å². The minimum absolute atomic E-state index is 0.0562. The van der Waals surface area contributed by atoms with Gasteiger partial charge in [0.2, 0.25) is 5.91 Å². The Morgan fingerprint density at radius 1 is 1.30 bits per heavy atom. The van der Waals surface area contributed by atoms with Crippen molar-refractivity contribution in [2.24, 2.45) is 0 Å². The highest BCUT2D eigenvalue weighted by Crippen LogP contribution is 2.24. The number of amides is 1. The molecular formula is C16H19NO5S. The van der Waals surface area contributed by atoms with E-state index in [9.17, 15) is 19.5 Å². The highest BCUT2D eigenvalue weighted by Gasteiger charge is 2.40. The highest BCUT2D eigenvalue weighted by atomic mass is 32.2. The summed E-state index contributed by atoms with van der Waals surface area (Å²) in [6.45, 7) is 1.68. The molecule has 1 aromatic carbocycles. The second-order valence-corrected chi connectivity index (χ2v) is 6.55. The highest BCUT2D eigenvalue weighted by molar-refractivity contribution is 8.13. The van der Waals surface area contributed by atoms with Crippen LogP contribution in [0.2, 0.25) is 0 Å². The second-order valence-electron chi connectivity index (χ2n) is 5.28. The lowest BCUT2D eigenvalue weighted by Crippen LogP contribution is -2.40. The van der Waals surface area contributed by atoms with Crippen LogP contribution in [0.15, 0.2) is 30.3 Å². The predicted octanol–water partition coefficient (Wildman–Crippen LogP) is 1.79. The summed E-state index contributed by atoms with van der Waals surface area (Å²) in [5.41, 5.74) is 0. The molecule has 2 atom stereocenters. The number of ether oxygens (including phenoxy) is 1. The lowest BCUT2D eigenvalue weighted by atomic mass is 10.2. The van der Waals surface area contributed by atoms with E-state index in [0.29, 0.717) is 11.5 Å². The Labute approximate surface area is 138 Å². The fourth-order valence-corrected chi connectivity index (χ4v) is 3.07. The summed E-state index contributed by atoms with van der Waals surface area (Å²) in [5, 5.41) is 9.27. The topological polar surface area (TPSA) is 83.9 Å². The monoisotopic (exact) mass is 337 g/mol. The zero-order chi connectivity index (χ0) is 16.8. The number of carbonyl (C=O) groups excluding carboxylic acids is 2. The minimum atomic E-state index is -1.03. The van der Waals surface area contributed by atoms with Gasteiger partial charge in [0.15, 0.2) is 5.12 Å². The van der Waals surface area contributed by atoms with Crippen LogP contribution >= 0.6 is 11.8 Å². The Bertz CT molecular complexity index is 577. The van der Waals surface area contributed by atoms with E-state index in [4.69, 9.17) is 4.74 Å². The smallest absolute Gasteiger partial charge is 0.326 e. The number of carbonyl (C=O) groups is 3. The average molecular weight is 337 g/mol. The van der Waals surface area contributed by atoms with Gasteiger partial charge in [0.25, 0.3) is 0 Å². The van der Waals surface area contributed by atoms with E-state index < -0.39 is 12.0 Å². The summed E-state index contributed by atoms with van der Waals surface area (Å²) >= 11 is 1.07. The third kappa shape index (κ3) is 4.99. The molecule has 7 heteroatoms. The molecule has 1 aliphatic heterocycles. The molecule has 1 fully saturated rings. The normalized spacial score (nSPS) is 20.3. The third-order valence-corrected chi connectivity index (χ3v) is 4.35. The quantitative estimate of drug-likeness (QED) is 0.852. The number of rotatable bonds is 6. The van der Waals surface area contributed by atoms with Crippen molar-refractivity contribution in [3.05, 3.63) is 30.3 Å². The first-order valence-corrected chi connectivity index (χ1v) is 8.33. The first-order valence-electron chi connectivity index (χ1n) is 7.34. The Hall–Kier alpha value is -2.02. The van der Waals surface area contributed by atoms with Gasteiger partial charge in [-0.1, -0.05) is 30.0 Å². The lowest BCUT2D eigenvalue weighted by Gasteiger charge is -2.21. The van der Waals surface area contributed by atoms with Crippen LogP contribution in [0.3, 0.4) is 0 Å². The summed E-state index contributed by atoms with van der Waals surface area (Å²) in [4.78, 5) is 35.9. The van der Waals surface area contributed by atoms with E-state index >= 15 is 0 Å². The first kappa shape index (κ1) is 17.3. The second kappa shape index (κ2) is 8.01. The van der Waals surface area contributed by atoms with Crippen molar-refractivity contribution in [1.82, 2.24) is 4.90 Å². The van der Waals surface area contributed by atoms with Gasteiger partial charge in [0.05, 0.1) is 6.54 Å². The molecule has 1 aromatic rings. The predicted molar refractivity (Wildman–Crippen MR) is 86.4 cm³/mol. The molecule has 0 radical (unpaired) electrons. The van der Waals surface area contributed by atoms with Crippen LogP contribution in [-0.4, -0.2) is 51.4 Å². The Morgan fingerprint density at radius 2 is 2.00 bits per heavy atom. The van der Waals surface area contributed by atoms with E-state index in [1.54, 1.807) is 12.1 Å². The maximum absolute atomic E-state index is 12.2. The van der Waals surface area contributed by atoms with Crippen molar-refractivity contribution >= 4 is 28.8 Å². The van der Waals surface area contributed by atoms with Gasteiger partial charge in [0, 0.05) is 25.5 Å². The standard InChI is InChI=1S/C16H19NO5S/c1-11(18)23-8-7-15(19)17-10-13(9-14(17)16(20)21)22-12-5-3-2-4-6-12/h2-6,13-14H,7-10H2,1H3,(H,20,21)/t13?,14-/m0/s1. The molecule has 0 saturated carbocycles. The van der Waals surface area contributed by atoms with Crippen molar-refractivity contribution in [3.8, 4) is 5.75 Å². The van der Waals surface area contributed by atoms with E-state index in [2.05, 4.69) is 0 Å². The molecule has 124 valence electrons. The van der Waals surface area contributed by atoms with Gasteiger partial charge in [-0.25, -0.2) is 4.79 Å². The number of aliphatic carboxylic acids is 1. The van der Waals surface area contributed by atoms with Crippen molar-refractivity contribution in [2.45, 2.75) is 31.9 Å². The first-order chi connectivity index (χ1) is 11.0. The zero-order valence-electron chi connectivity index (χ0n) is 12.8. The molecule has 23 heavy (non-hydrogen) atoms. The maximum Gasteiger partial charge on any atom is 0.326 e. The summed E-state index contributed by atoms with van der Waals surface area (Å²) in [6.07, 6.45) is 0.0601. The molecule has 0 bridgehead atoms. The van der Waals surface area contributed by atoms with E-state index in [1.807, 2.05) is 18.2 Å². The van der Waals surface area contributed by atoms with Gasteiger partial charge in [-0.2, -0.15) is 0 Å². The Kier molecular flexibility index (Phi) is 6.04. The van der Waals surface area contributed by atoms with Gasteiger partial charge >= 0.3 is 5.97 Å². The molecule has 0 aliphatic carbocycles. The molecule has 6 nitrogen and oxygen atoms in total. The van der Waals surface area contributed by atoms with Crippen LogP contribution in [0, 0.1) is 0 Å². The molecule has 0 spiro atoms. The van der Waals surface area contributed by atoms with Gasteiger partial charge in [-0.05, 0) is 12.1 Å².